The van der Waals surface area contributed by atoms with Crippen LogP contribution >= 0.6 is 0 Å². The largest absolute Gasteiger partial charge is 0.436 e. The van der Waals surface area contributed by atoms with E-state index in [1.807, 2.05) is 78.9 Å². The highest BCUT2D eigenvalue weighted by atomic mass is 16.4. The fraction of sp³-hybridized carbons (Fsp3) is 0.0455. The van der Waals surface area contributed by atoms with Crippen LogP contribution in [-0.2, 0) is 0 Å². The average Bonchev–Trinajstić information content (AvgIpc) is 3.83. The molecule has 0 saturated carbocycles. The molecule has 0 saturated heterocycles. The number of para-hydroxylation sites is 5. The van der Waals surface area contributed by atoms with Gasteiger partial charge in [-0.15, -0.1) is 0 Å². The van der Waals surface area contributed by atoms with E-state index < -0.39 is 0 Å². The minimum atomic E-state index is 0.649. The summed E-state index contributed by atoms with van der Waals surface area (Å²) in [5.41, 5.74) is 9.91. The molecule has 9 rings (SSSR count). The number of anilines is 4. The first kappa shape index (κ1) is 30.7. The van der Waals surface area contributed by atoms with Gasteiger partial charge in [0.05, 0.1) is 0 Å². The molecule has 0 spiro atoms. The molecule has 0 aliphatic rings. The molecule has 0 aliphatic heterocycles. The Bertz CT molecular complexity index is 2450. The highest BCUT2D eigenvalue weighted by Crippen LogP contribution is 2.33. The van der Waals surface area contributed by atoms with Gasteiger partial charge in [-0.25, -0.2) is 9.97 Å². The van der Waals surface area contributed by atoms with Crippen LogP contribution in [-0.4, -0.2) is 24.1 Å². The molecule has 7 aromatic carbocycles. The molecule has 0 aliphatic carbocycles. The summed E-state index contributed by atoms with van der Waals surface area (Å²) < 4.78 is 11.7. The summed E-state index contributed by atoms with van der Waals surface area (Å²) in [5, 5.41) is 2.48. The number of benzene rings is 7. The maximum absolute atomic E-state index is 5.87. The van der Waals surface area contributed by atoms with Crippen molar-refractivity contribution in [2.75, 3.05) is 23.9 Å². The van der Waals surface area contributed by atoms with Crippen LogP contribution in [0.15, 0.2) is 179 Å². The van der Waals surface area contributed by atoms with E-state index in [1.165, 1.54) is 16.5 Å². The lowest BCUT2D eigenvalue weighted by Gasteiger charge is -2.21. The molecule has 0 bridgehead atoms. The predicted octanol–water partition coefficient (Wildman–Crippen LogP) is 11.7. The van der Waals surface area contributed by atoms with Crippen LogP contribution in [0.25, 0.3) is 55.9 Å². The number of nitrogens with zero attached hydrogens (tertiary/aromatic N) is 4. The summed E-state index contributed by atoms with van der Waals surface area (Å²) in [6, 6.07) is 57.3. The zero-order chi connectivity index (χ0) is 33.9. The summed E-state index contributed by atoms with van der Waals surface area (Å²) in [6.45, 7) is 0. The van der Waals surface area contributed by atoms with E-state index in [2.05, 4.69) is 125 Å². The standard InChI is InChI=1S/C24H18N2O.C20H16N2O/c1-26(22-11-6-8-17-7-2-3-9-20(17)22)19-15-13-18(14-16-19)24-25-21-10-4-5-12-23(21)27-24;1-22(16-7-3-2-4-8-16)17-13-11-15(12-14-17)20-21-18-9-5-6-10-19(18)23-20/h2-16H,1H3;2-14H,1H3. The van der Waals surface area contributed by atoms with Gasteiger partial charge in [0.2, 0.25) is 11.8 Å². The molecular formula is C44H34N4O2. The minimum absolute atomic E-state index is 0.649. The van der Waals surface area contributed by atoms with Crippen LogP contribution in [0.3, 0.4) is 0 Å². The van der Waals surface area contributed by atoms with Crippen molar-refractivity contribution >= 4 is 55.7 Å². The molecule has 9 aromatic rings. The van der Waals surface area contributed by atoms with Crippen molar-refractivity contribution in [3.05, 3.63) is 170 Å². The lowest BCUT2D eigenvalue weighted by molar-refractivity contribution is 0.619. The number of hydrogen-bond donors (Lipinski definition) is 0. The average molecular weight is 651 g/mol. The van der Waals surface area contributed by atoms with Crippen molar-refractivity contribution in [1.29, 1.82) is 0 Å². The van der Waals surface area contributed by atoms with Gasteiger partial charge in [-0.3, -0.25) is 0 Å². The van der Waals surface area contributed by atoms with E-state index in [9.17, 15) is 0 Å². The Morgan fingerprint density at radius 3 is 1.44 bits per heavy atom. The maximum Gasteiger partial charge on any atom is 0.227 e. The van der Waals surface area contributed by atoms with Crippen LogP contribution in [0.2, 0.25) is 0 Å². The normalized spacial score (nSPS) is 11.0. The number of aromatic nitrogens is 2. The molecule has 0 atom stereocenters. The molecule has 2 heterocycles. The van der Waals surface area contributed by atoms with Crippen LogP contribution in [0, 0.1) is 0 Å². The van der Waals surface area contributed by atoms with Crippen molar-refractivity contribution in [2.24, 2.45) is 0 Å². The first-order valence-electron chi connectivity index (χ1n) is 16.5. The molecular weight excluding hydrogens is 617 g/mol. The number of hydrogen-bond acceptors (Lipinski definition) is 6. The maximum atomic E-state index is 5.87. The van der Waals surface area contributed by atoms with Gasteiger partial charge in [-0.05, 0) is 96.4 Å². The summed E-state index contributed by atoms with van der Waals surface area (Å²) in [5.74, 6) is 1.30. The molecule has 0 N–H and O–H groups in total. The van der Waals surface area contributed by atoms with E-state index in [0.717, 1.165) is 50.4 Å². The van der Waals surface area contributed by atoms with Gasteiger partial charge in [0, 0.05) is 53.4 Å². The molecule has 0 fully saturated rings. The minimum Gasteiger partial charge on any atom is -0.436 e. The van der Waals surface area contributed by atoms with Crippen molar-refractivity contribution < 1.29 is 8.83 Å². The van der Waals surface area contributed by atoms with Crippen molar-refractivity contribution in [3.63, 3.8) is 0 Å². The third-order valence-corrected chi connectivity index (χ3v) is 8.86. The fourth-order valence-electron chi connectivity index (χ4n) is 6.09. The lowest BCUT2D eigenvalue weighted by atomic mass is 10.1. The second-order valence-corrected chi connectivity index (χ2v) is 12.0. The van der Waals surface area contributed by atoms with Crippen molar-refractivity contribution in [1.82, 2.24) is 9.97 Å². The number of oxazole rings is 2. The van der Waals surface area contributed by atoms with E-state index >= 15 is 0 Å². The van der Waals surface area contributed by atoms with Crippen LogP contribution in [0.4, 0.5) is 22.7 Å². The van der Waals surface area contributed by atoms with Crippen molar-refractivity contribution in [2.45, 2.75) is 0 Å². The predicted molar refractivity (Wildman–Crippen MR) is 205 cm³/mol. The van der Waals surface area contributed by atoms with E-state index in [1.54, 1.807) is 0 Å². The first-order valence-corrected chi connectivity index (χ1v) is 16.5. The van der Waals surface area contributed by atoms with Gasteiger partial charge in [-0.1, -0.05) is 78.9 Å². The summed E-state index contributed by atoms with van der Waals surface area (Å²) in [4.78, 5) is 13.5. The fourth-order valence-corrected chi connectivity index (χ4v) is 6.09. The number of fused-ring (bicyclic) bond motifs is 3. The second-order valence-electron chi connectivity index (χ2n) is 12.0. The molecule has 6 nitrogen and oxygen atoms in total. The van der Waals surface area contributed by atoms with E-state index in [-0.39, 0.29) is 0 Å². The Kier molecular flexibility index (Phi) is 8.25. The van der Waals surface area contributed by atoms with Gasteiger partial charge < -0.3 is 18.6 Å². The highest BCUT2D eigenvalue weighted by molar-refractivity contribution is 5.96. The SMILES string of the molecule is CN(c1ccc(-c2nc3ccccc3o2)cc1)c1cccc2ccccc12.CN(c1ccccc1)c1ccc(-c2nc3ccccc3o2)cc1. The zero-order valence-electron chi connectivity index (χ0n) is 27.8. The first-order chi connectivity index (χ1) is 24.6. The molecule has 6 heteroatoms. The third-order valence-electron chi connectivity index (χ3n) is 8.86. The van der Waals surface area contributed by atoms with Gasteiger partial charge in [0.25, 0.3) is 0 Å². The topological polar surface area (TPSA) is 58.5 Å². The summed E-state index contributed by atoms with van der Waals surface area (Å²) in [6.07, 6.45) is 0. The van der Waals surface area contributed by atoms with Gasteiger partial charge in [0.15, 0.2) is 11.2 Å². The van der Waals surface area contributed by atoms with Crippen LogP contribution in [0.5, 0.6) is 0 Å². The number of rotatable bonds is 6. The van der Waals surface area contributed by atoms with Gasteiger partial charge >= 0.3 is 0 Å². The van der Waals surface area contributed by atoms with Crippen LogP contribution in [0.1, 0.15) is 0 Å². The third kappa shape index (κ3) is 6.18. The second kappa shape index (κ2) is 13.5. The zero-order valence-corrected chi connectivity index (χ0v) is 27.8. The van der Waals surface area contributed by atoms with E-state index in [4.69, 9.17) is 8.83 Å². The molecule has 242 valence electrons. The van der Waals surface area contributed by atoms with Crippen molar-refractivity contribution in [3.8, 4) is 22.9 Å². The van der Waals surface area contributed by atoms with E-state index in [0.29, 0.717) is 11.8 Å². The summed E-state index contributed by atoms with van der Waals surface area (Å²) in [7, 11) is 4.15. The van der Waals surface area contributed by atoms with Gasteiger partial charge in [0.1, 0.15) is 11.0 Å². The Hall–Kier alpha value is -6.66. The molecule has 0 radical (unpaired) electrons. The molecule has 0 unspecified atom stereocenters. The Labute approximate surface area is 290 Å². The quantitative estimate of drug-likeness (QED) is 0.178. The Morgan fingerprint density at radius 1 is 0.400 bits per heavy atom. The molecule has 0 amide bonds. The Morgan fingerprint density at radius 2 is 0.860 bits per heavy atom. The smallest absolute Gasteiger partial charge is 0.227 e. The Balaban J connectivity index is 0.000000146. The highest BCUT2D eigenvalue weighted by Gasteiger charge is 2.12. The van der Waals surface area contributed by atoms with Gasteiger partial charge in [-0.2, -0.15) is 0 Å². The molecule has 50 heavy (non-hydrogen) atoms. The van der Waals surface area contributed by atoms with Crippen LogP contribution < -0.4 is 9.80 Å². The summed E-state index contributed by atoms with van der Waals surface area (Å²) >= 11 is 0. The molecule has 2 aromatic heterocycles. The lowest BCUT2D eigenvalue weighted by Crippen LogP contribution is -2.09. The monoisotopic (exact) mass is 650 g/mol.